The normalized spacial score (nSPS) is 20.6. The molecular weight excluding hydrogens is 402 g/mol. The summed E-state index contributed by atoms with van der Waals surface area (Å²) in [7, 11) is 0. The largest absolute Gasteiger partial charge is 0.290 e. The number of thioether (sulfide) groups is 1. The lowest BCUT2D eigenvalue weighted by atomic mass is 9.62. The fraction of sp³-hybridized carbons (Fsp3) is 0.407. The van der Waals surface area contributed by atoms with Crippen LogP contribution in [0.2, 0.25) is 0 Å². The maximum Gasteiger partial charge on any atom is 0.290 e. The van der Waals surface area contributed by atoms with Crippen molar-refractivity contribution in [3.8, 4) is 11.1 Å². The lowest BCUT2D eigenvalue weighted by Gasteiger charge is -2.42. The van der Waals surface area contributed by atoms with E-state index in [0.29, 0.717) is 4.91 Å². The number of benzene rings is 2. The first kappa shape index (κ1) is 21.9. The van der Waals surface area contributed by atoms with Gasteiger partial charge in [0.15, 0.2) is 0 Å². The van der Waals surface area contributed by atoms with Gasteiger partial charge in [-0.25, -0.2) is 0 Å². The predicted molar refractivity (Wildman–Crippen MR) is 130 cm³/mol. The fourth-order valence-corrected chi connectivity index (χ4v) is 5.51. The van der Waals surface area contributed by atoms with Crippen LogP contribution < -0.4 is 5.32 Å². The van der Waals surface area contributed by atoms with Gasteiger partial charge in [-0.15, -0.1) is 0 Å². The predicted octanol–water partition coefficient (Wildman–Crippen LogP) is 6.90. The lowest BCUT2D eigenvalue weighted by Crippen LogP contribution is -2.34. The Morgan fingerprint density at radius 2 is 1.61 bits per heavy atom. The summed E-state index contributed by atoms with van der Waals surface area (Å²) in [6.07, 6.45) is 5.14. The molecule has 1 fully saturated rings. The Balaban J connectivity index is 1.87. The van der Waals surface area contributed by atoms with Gasteiger partial charge in [-0.1, -0.05) is 58.9 Å². The molecule has 0 unspecified atom stereocenters. The topological polar surface area (TPSA) is 46.2 Å². The lowest BCUT2D eigenvalue weighted by molar-refractivity contribution is -0.115. The van der Waals surface area contributed by atoms with E-state index in [1.807, 2.05) is 12.1 Å². The number of fused-ring (bicyclic) bond motifs is 1. The molecule has 2 aromatic rings. The van der Waals surface area contributed by atoms with Crippen LogP contribution in [0.15, 0.2) is 35.2 Å². The molecule has 0 spiro atoms. The van der Waals surface area contributed by atoms with E-state index in [2.05, 4.69) is 71.1 Å². The van der Waals surface area contributed by atoms with Crippen LogP contribution in [0.25, 0.3) is 17.2 Å². The van der Waals surface area contributed by atoms with Crippen LogP contribution in [-0.2, 0) is 22.0 Å². The second-order valence-electron chi connectivity index (χ2n) is 10.1. The van der Waals surface area contributed by atoms with E-state index >= 15 is 0 Å². The van der Waals surface area contributed by atoms with Crippen molar-refractivity contribution in [1.29, 1.82) is 0 Å². The van der Waals surface area contributed by atoms with Gasteiger partial charge in [-0.3, -0.25) is 14.9 Å². The van der Waals surface area contributed by atoms with E-state index in [4.69, 9.17) is 0 Å². The van der Waals surface area contributed by atoms with Crippen LogP contribution in [-0.4, -0.2) is 11.1 Å². The molecule has 2 amide bonds. The molecule has 3 nitrogen and oxygen atoms in total. The number of carbonyl (C=O) groups excluding carboxylic acids is 2. The smallest absolute Gasteiger partial charge is 0.282 e. The summed E-state index contributed by atoms with van der Waals surface area (Å²) in [5, 5.41) is 2.02. The van der Waals surface area contributed by atoms with Crippen LogP contribution in [0.3, 0.4) is 0 Å². The maximum atomic E-state index is 12.0. The first-order valence-electron chi connectivity index (χ1n) is 11.1. The monoisotopic (exact) mass is 433 g/mol. The van der Waals surface area contributed by atoms with Gasteiger partial charge < -0.3 is 0 Å². The Bertz CT molecular complexity index is 1120. The summed E-state index contributed by atoms with van der Waals surface area (Å²) in [5.74, 6) is -0.315. The fourth-order valence-electron chi connectivity index (χ4n) is 4.83. The van der Waals surface area contributed by atoms with Gasteiger partial charge in [0.05, 0.1) is 4.91 Å². The Morgan fingerprint density at radius 3 is 2.19 bits per heavy atom. The number of amides is 2. The molecule has 1 N–H and O–H groups in total. The SMILES string of the molecule is CCc1ccc(C=C2SC(=O)NC2=O)cc1-c1cc2c(cc1C)C(C)(C)CCC2(C)C. The highest BCUT2D eigenvalue weighted by atomic mass is 32.2. The molecule has 0 aromatic heterocycles. The average molecular weight is 434 g/mol. The quantitative estimate of drug-likeness (QED) is 0.536. The first-order valence-corrected chi connectivity index (χ1v) is 11.9. The van der Waals surface area contributed by atoms with Gasteiger partial charge >= 0.3 is 0 Å². The number of rotatable bonds is 3. The van der Waals surface area contributed by atoms with Crippen molar-refractivity contribution >= 4 is 29.0 Å². The minimum absolute atomic E-state index is 0.151. The molecule has 0 radical (unpaired) electrons. The molecule has 1 aliphatic heterocycles. The van der Waals surface area contributed by atoms with Crippen LogP contribution in [0.1, 0.15) is 75.3 Å². The summed E-state index contributed by atoms with van der Waals surface area (Å²) >= 11 is 0.963. The number of hydrogen-bond acceptors (Lipinski definition) is 3. The molecule has 31 heavy (non-hydrogen) atoms. The molecule has 1 aliphatic carbocycles. The number of aryl methyl sites for hydroxylation is 2. The third kappa shape index (κ3) is 3.98. The van der Waals surface area contributed by atoms with Crippen LogP contribution in [0.4, 0.5) is 4.79 Å². The zero-order valence-corrected chi connectivity index (χ0v) is 20.1. The van der Waals surface area contributed by atoms with Gasteiger partial charge in [0.25, 0.3) is 11.1 Å². The van der Waals surface area contributed by atoms with Crippen molar-refractivity contribution in [2.24, 2.45) is 0 Å². The van der Waals surface area contributed by atoms with Gasteiger partial charge in [0, 0.05) is 0 Å². The van der Waals surface area contributed by atoms with E-state index in [0.717, 1.165) is 23.7 Å². The first-order chi connectivity index (χ1) is 14.5. The minimum atomic E-state index is -0.315. The second-order valence-corrected chi connectivity index (χ2v) is 11.1. The summed E-state index contributed by atoms with van der Waals surface area (Å²) in [4.78, 5) is 24.0. The summed E-state index contributed by atoms with van der Waals surface area (Å²) < 4.78 is 0. The van der Waals surface area contributed by atoms with Crippen LogP contribution in [0, 0.1) is 6.92 Å². The van der Waals surface area contributed by atoms with E-state index < -0.39 is 0 Å². The van der Waals surface area contributed by atoms with E-state index in [9.17, 15) is 9.59 Å². The zero-order chi connectivity index (χ0) is 22.6. The average Bonchev–Trinajstić information content (AvgIpc) is 3.02. The van der Waals surface area contributed by atoms with Crippen molar-refractivity contribution in [2.45, 2.75) is 71.6 Å². The van der Waals surface area contributed by atoms with E-state index in [1.54, 1.807) is 0 Å². The summed E-state index contributed by atoms with van der Waals surface area (Å²) in [5.41, 5.74) is 9.25. The third-order valence-electron chi connectivity index (χ3n) is 6.94. The number of imide groups is 1. The zero-order valence-electron chi connectivity index (χ0n) is 19.3. The van der Waals surface area contributed by atoms with Gasteiger partial charge in [-0.2, -0.15) is 0 Å². The van der Waals surface area contributed by atoms with Crippen LogP contribution >= 0.6 is 11.8 Å². The standard InChI is InChI=1S/C27H31NO2S/c1-7-18-9-8-17(14-23-24(29)28-25(30)31-23)13-20(18)19-15-22-21(12-16(19)2)26(3,4)10-11-27(22,5)6/h8-9,12-15H,7,10-11H2,1-6H3,(H,28,29,30). The molecule has 0 bridgehead atoms. The summed E-state index contributed by atoms with van der Waals surface area (Å²) in [6, 6.07) is 11.2. The Labute approximate surface area is 189 Å². The third-order valence-corrected chi connectivity index (χ3v) is 7.75. The van der Waals surface area contributed by atoms with Crippen molar-refractivity contribution in [3.63, 3.8) is 0 Å². The Kier molecular flexibility index (Phi) is 5.41. The Morgan fingerprint density at radius 1 is 0.968 bits per heavy atom. The highest BCUT2D eigenvalue weighted by molar-refractivity contribution is 8.18. The second kappa shape index (κ2) is 7.67. The Hall–Kier alpha value is -2.33. The molecular formula is C27H31NO2S. The highest BCUT2D eigenvalue weighted by Gasteiger charge is 2.37. The van der Waals surface area contributed by atoms with Crippen molar-refractivity contribution < 1.29 is 9.59 Å². The van der Waals surface area contributed by atoms with E-state index in [-0.39, 0.29) is 22.0 Å². The molecule has 0 saturated carbocycles. The number of nitrogens with one attached hydrogen (secondary N) is 1. The minimum Gasteiger partial charge on any atom is -0.282 e. The van der Waals surface area contributed by atoms with E-state index in [1.165, 1.54) is 46.2 Å². The molecule has 4 rings (SSSR count). The molecule has 2 aliphatic rings. The van der Waals surface area contributed by atoms with Crippen molar-refractivity contribution in [1.82, 2.24) is 5.32 Å². The summed E-state index contributed by atoms with van der Waals surface area (Å²) in [6.45, 7) is 13.8. The molecule has 2 aromatic carbocycles. The van der Waals surface area contributed by atoms with Crippen molar-refractivity contribution in [3.05, 3.63) is 63.1 Å². The van der Waals surface area contributed by atoms with Crippen molar-refractivity contribution in [2.75, 3.05) is 0 Å². The molecule has 162 valence electrons. The van der Waals surface area contributed by atoms with Gasteiger partial charge in [-0.05, 0) is 99.9 Å². The molecule has 1 saturated heterocycles. The highest BCUT2D eigenvalue weighted by Crippen LogP contribution is 2.48. The number of hydrogen-bond donors (Lipinski definition) is 1. The van der Waals surface area contributed by atoms with Gasteiger partial charge in [0.1, 0.15) is 0 Å². The molecule has 0 atom stereocenters. The maximum absolute atomic E-state index is 12.0. The molecule has 4 heteroatoms. The van der Waals surface area contributed by atoms with Crippen LogP contribution in [0.5, 0.6) is 0 Å². The molecule has 1 heterocycles. The van der Waals surface area contributed by atoms with Gasteiger partial charge in [0.2, 0.25) is 0 Å². The number of carbonyl (C=O) groups is 2.